The Hall–Kier alpha value is -1.55. The van der Waals surface area contributed by atoms with E-state index in [-0.39, 0.29) is 42.5 Å². The van der Waals surface area contributed by atoms with Gasteiger partial charge in [-0.25, -0.2) is 4.99 Å². The van der Waals surface area contributed by atoms with Gasteiger partial charge in [-0.2, -0.15) is 0 Å². The summed E-state index contributed by atoms with van der Waals surface area (Å²) in [5, 5.41) is 6.54. The first-order valence-corrected chi connectivity index (χ1v) is 8.96. The zero-order chi connectivity index (χ0) is 19.4. The minimum atomic E-state index is -0.0505. The number of guanidine groups is 1. The van der Waals surface area contributed by atoms with Gasteiger partial charge in [-0.1, -0.05) is 13.0 Å². The van der Waals surface area contributed by atoms with Crippen LogP contribution in [0.15, 0.2) is 29.3 Å². The minimum Gasteiger partial charge on any atom is -0.493 e. The van der Waals surface area contributed by atoms with E-state index >= 15 is 0 Å². The molecule has 8 heteroatoms. The molecule has 0 aliphatic carbocycles. The number of benzene rings is 1. The number of nitrogens with zero attached hydrogens (tertiary/aromatic N) is 2. The normalized spacial score (nSPS) is 12.0. The molecule has 0 fully saturated rings. The van der Waals surface area contributed by atoms with Gasteiger partial charge in [-0.05, 0) is 25.5 Å². The highest BCUT2D eigenvalue weighted by Gasteiger charge is 2.08. The highest BCUT2D eigenvalue weighted by atomic mass is 127. The third-order valence-electron chi connectivity index (χ3n) is 3.73. The molecule has 0 spiro atoms. The van der Waals surface area contributed by atoms with Crippen molar-refractivity contribution >= 4 is 41.5 Å². The number of ether oxygens (including phenoxy) is 2. The Morgan fingerprint density at radius 2 is 2.04 bits per heavy atom. The average Bonchev–Trinajstić information content (AvgIpc) is 2.63. The number of carbonyl (C=O) groups excluding carboxylic acids is 1. The molecule has 0 radical (unpaired) electrons. The first-order valence-electron chi connectivity index (χ1n) is 8.96. The standard InChI is InChI=1S/C19H32N4O3.HI/c1-6-15(2)21-19(20-14-18(24)23(3)4)22-16-9-7-10-17(13-16)26-12-8-11-25-5;/h7,9-10,13,15H,6,8,11-12,14H2,1-5H3,(H2,20,21,22);1H. The Bertz CT molecular complexity index is 582. The van der Waals surface area contributed by atoms with Crippen LogP contribution < -0.4 is 15.4 Å². The van der Waals surface area contributed by atoms with Crippen molar-refractivity contribution in [3.05, 3.63) is 24.3 Å². The number of nitrogens with one attached hydrogen (secondary N) is 2. The number of hydrogen-bond acceptors (Lipinski definition) is 4. The third-order valence-corrected chi connectivity index (χ3v) is 3.73. The van der Waals surface area contributed by atoms with Crippen molar-refractivity contribution in [2.45, 2.75) is 32.7 Å². The van der Waals surface area contributed by atoms with Gasteiger partial charge in [0.25, 0.3) is 0 Å². The molecule has 1 unspecified atom stereocenters. The van der Waals surface area contributed by atoms with E-state index in [1.807, 2.05) is 24.3 Å². The fourth-order valence-electron chi connectivity index (χ4n) is 1.94. The summed E-state index contributed by atoms with van der Waals surface area (Å²) in [7, 11) is 5.12. The molecule has 1 aromatic carbocycles. The lowest BCUT2D eigenvalue weighted by Crippen LogP contribution is -2.38. The van der Waals surface area contributed by atoms with E-state index in [0.29, 0.717) is 19.2 Å². The van der Waals surface area contributed by atoms with Crippen LogP contribution >= 0.6 is 24.0 Å². The van der Waals surface area contributed by atoms with Gasteiger partial charge in [-0.3, -0.25) is 4.79 Å². The molecule has 154 valence electrons. The van der Waals surface area contributed by atoms with Crippen molar-refractivity contribution in [2.24, 2.45) is 4.99 Å². The van der Waals surface area contributed by atoms with Gasteiger partial charge in [0.2, 0.25) is 5.91 Å². The summed E-state index contributed by atoms with van der Waals surface area (Å²) < 4.78 is 10.7. The Morgan fingerprint density at radius 3 is 2.67 bits per heavy atom. The zero-order valence-corrected chi connectivity index (χ0v) is 19.3. The van der Waals surface area contributed by atoms with E-state index in [1.165, 1.54) is 4.90 Å². The second-order valence-corrected chi connectivity index (χ2v) is 6.25. The van der Waals surface area contributed by atoms with Gasteiger partial charge in [0.1, 0.15) is 12.3 Å². The number of anilines is 1. The Kier molecular flexibility index (Phi) is 13.7. The Morgan fingerprint density at radius 1 is 1.30 bits per heavy atom. The fraction of sp³-hybridized carbons (Fsp3) is 0.579. The summed E-state index contributed by atoms with van der Waals surface area (Å²) in [5.74, 6) is 1.30. The number of halogens is 1. The maximum Gasteiger partial charge on any atom is 0.243 e. The molecule has 1 atom stereocenters. The molecular weight excluding hydrogens is 459 g/mol. The maximum absolute atomic E-state index is 11.8. The summed E-state index contributed by atoms with van der Waals surface area (Å²) in [5.41, 5.74) is 0.848. The van der Waals surface area contributed by atoms with Crippen molar-refractivity contribution in [2.75, 3.05) is 46.3 Å². The van der Waals surface area contributed by atoms with Gasteiger partial charge < -0.3 is 25.0 Å². The topological polar surface area (TPSA) is 75.2 Å². The molecule has 0 saturated carbocycles. The van der Waals surface area contributed by atoms with Crippen molar-refractivity contribution in [1.82, 2.24) is 10.2 Å². The molecule has 1 aromatic rings. The highest BCUT2D eigenvalue weighted by Crippen LogP contribution is 2.17. The van der Waals surface area contributed by atoms with Crippen molar-refractivity contribution in [1.29, 1.82) is 0 Å². The first-order chi connectivity index (χ1) is 12.5. The summed E-state index contributed by atoms with van der Waals surface area (Å²) in [4.78, 5) is 17.7. The number of carbonyl (C=O) groups is 1. The predicted molar refractivity (Wildman–Crippen MR) is 121 cm³/mol. The molecule has 1 amide bonds. The lowest BCUT2D eigenvalue weighted by molar-refractivity contribution is -0.127. The number of methoxy groups -OCH3 is 1. The molecule has 0 bridgehead atoms. The monoisotopic (exact) mass is 492 g/mol. The number of aliphatic imine (C=N–C) groups is 1. The van der Waals surface area contributed by atoms with Crippen LogP contribution in [0, 0.1) is 0 Å². The molecular formula is C19H33IN4O3. The number of amides is 1. The second-order valence-electron chi connectivity index (χ2n) is 6.25. The molecule has 27 heavy (non-hydrogen) atoms. The van der Waals surface area contributed by atoms with Crippen LogP contribution in [0.5, 0.6) is 5.75 Å². The zero-order valence-electron chi connectivity index (χ0n) is 16.9. The quantitative estimate of drug-likeness (QED) is 0.228. The molecule has 0 saturated heterocycles. The van der Waals surface area contributed by atoms with Crippen LogP contribution in [0.4, 0.5) is 5.69 Å². The van der Waals surface area contributed by atoms with Crippen LogP contribution in [-0.4, -0.2) is 63.8 Å². The van der Waals surface area contributed by atoms with E-state index in [1.54, 1.807) is 21.2 Å². The number of likely N-dealkylation sites (N-methyl/N-ethyl adjacent to an activating group) is 1. The van der Waals surface area contributed by atoms with Gasteiger partial charge in [0.15, 0.2) is 5.96 Å². The lowest BCUT2D eigenvalue weighted by Gasteiger charge is -2.18. The van der Waals surface area contributed by atoms with Crippen molar-refractivity contribution in [3.8, 4) is 5.75 Å². The summed E-state index contributed by atoms with van der Waals surface area (Å²) in [6.45, 7) is 5.52. The van der Waals surface area contributed by atoms with E-state index in [9.17, 15) is 4.79 Å². The Labute approximate surface area is 179 Å². The smallest absolute Gasteiger partial charge is 0.243 e. The molecule has 7 nitrogen and oxygen atoms in total. The van der Waals surface area contributed by atoms with Crippen LogP contribution in [0.3, 0.4) is 0 Å². The van der Waals surface area contributed by atoms with Gasteiger partial charge >= 0.3 is 0 Å². The fourth-order valence-corrected chi connectivity index (χ4v) is 1.94. The number of rotatable bonds is 10. The maximum atomic E-state index is 11.8. The summed E-state index contributed by atoms with van der Waals surface area (Å²) in [6.07, 6.45) is 1.79. The van der Waals surface area contributed by atoms with Gasteiger partial charge in [0.05, 0.1) is 6.61 Å². The molecule has 2 N–H and O–H groups in total. The highest BCUT2D eigenvalue weighted by molar-refractivity contribution is 14.0. The second kappa shape index (κ2) is 14.5. The summed E-state index contributed by atoms with van der Waals surface area (Å²) in [6, 6.07) is 7.91. The summed E-state index contributed by atoms with van der Waals surface area (Å²) >= 11 is 0. The third kappa shape index (κ3) is 11.0. The van der Waals surface area contributed by atoms with E-state index in [2.05, 4.69) is 29.5 Å². The SMILES string of the molecule is CCC(C)NC(=NCC(=O)N(C)C)Nc1cccc(OCCCOC)c1.I. The van der Waals surface area contributed by atoms with Crippen LogP contribution in [0.2, 0.25) is 0 Å². The lowest BCUT2D eigenvalue weighted by atomic mass is 10.2. The largest absolute Gasteiger partial charge is 0.493 e. The predicted octanol–water partition coefficient (Wildman–Crippen LogP) is 2.96. The molecule has 0 aromatic heterocycles. The van der Waals surface area contributed by atoms with Gasteiger partial charge in [-0.15, -0.1) is 24.0 Å². The average molecular weight is 492 g/mol. The molecule has 0 aliphatic heterocycles. The van der Waals surface area contributed by atoms with Crippen molar-refractivity contribution < 1.29 is 14.3 Å². The Balaban J connectivity index is 0.00000676. The minimum absolute atomic E-state index is 0. The van der Waals surface area contributed by atoms with E-state index < -0.39 is 0 Å². The van der Waals surface area contributed by atoms with E-state index in [0.717, 1.165) is 24.3 Å². The van der Waals surface area contributed by atoms with Crippen molar-refractivity contribution in [3.63, 3.8) is 0 Å². The van der Waals surface area contributed by atoms with Gasteiger partial charge in [0, 0.05) is 52.0 Å². The number of hydrogen-bond donors (Lipinski definition) is 2. The van der Waals surface area contributed by atoms with E-state index in [4.69, 9.17) is 9.47 Å². The molecule has 0 aliphatic rings. The van der Waals surface area contributed by atoms with Crippen LogP contribution in [0.1, 0.15) is 26.7 Å². The van der Waals surface area contributed by atoms with Crippen LogP contribution in [0.25, 0.3) is 0 Å². The molecule has 1 rings (SSSR count). The molecule has 0 heterocycles. The van der Waals surface area contributed by atoms with Crippen LogP contribution in [-0.2, 0) is 9.53 Å². The first kappa shape index (κ1) is 25.4.